The Kier molecular flexibility index (Phi) is 10.8. The minimum absolute atomic E-state index is 0. The lowest BCUT2D eigenvalue weighted by molar-refractivity contribution is 0.203. The normalized spacial score (nSPS) is 11.1. The first-order chi connectivity index (χ1) is 11.7. The molecular formula is C18H25BrIN3O2. The number of benzene rings is 1. The van der Waals surface area contributed by atoms with Gasteiger partial charge in [-0.3, -0.25) is 0 Å². The molecule has 2 rings (SSSR count). The summed E-state index contributed by atoms with van der Waals surface area (Å²) in [6.45, 7) is 4.82. The van der Waals surface area contributed by atoms with Gasteiger partial charge in [0.05, 0.1) is 19.4 Å². The van der Waals surface area contributed by atoms with Crippen LogP contribution in [-0.4, -0.2) is 32.8 Å². The second-order valence-electron chi connectivity index (χ2n) is 5.41. The van der Waals surface area contributed by atoms with Crippen LogP contribution >= 0.6 is 39.9 Å². The summed E-state index contributed by atoms with van der Waals surface area (Å²) in [6, 6.07) is 10.1. The molecule has 7 heteroatoms. The summed E-state index contributed by atoms with van der Waals surface area (Å²) in [5.74, 6) is 1.74. The average Bonchev–Trinajstić information content (AvgIpc) is 3.07. The van der Waals surface area contributed by atoms with Gasteiger partial charge in [-0.25, -0.2) is 4.99 Å². The van der Waals surface area contributed by atoms with Crippen molar-refractivity contribution in [3.63, 3.8) is 0 Å². The molecular weight excluding hydrogens is 497 g/mol. The molecule has 1 heterocycles. The number of nitrogens with one attached hydrogen (secondary N) is 2. The Balaban J connectivity index is 0.00000312. The van der Waals surface area contributed by atoms with E-state index in [0.717, 1.165) is 29.2 Å². The summed E-state index contributed by atoms with van der Waals surface area (Å²) in [7, 11) is 1.69. The molecule has 0 atom stereocenters. The molecule has 0 unspecified atom stereocenters. The van der Waals surface area contributed by atoms with Crippen molar-refractivity contribution in [1.82, 2.24) is 10.6 Å². The fourth-order valence-corrected chi connectivity index (χ4v) is 2.68. The van der Waals surface area contributed by atoms with E-state index >= 15 is 0 Å². The van der Waals surface area contributed by atoms with Crippen LogP contribution in [0.2, 0.25) is 0 Å². The first kappa shape index (κ1) is 22.0. The maximum Gasteiger partial charge on any atom is 0.191 e. The van der Waals surface area contributed by atoms with Gasteiger partial charge in [0.25, 0.3) is 0 Å². The average molecular weight is 522 g/mol. The van der Waals surface area contributed by atoms with E-state index in [1.165, 1.54) is 11.1 Å². The van der Waals surface area contributed by atoms with Gasteiger partial charge in [0, 0.05) is 31.1 Å². The number of guanidine groups is 1. The van der Waals surface area contributed by atoms with Crippen molar-refractivity contribution < 1.29 is 9.15 Å². The number of rotatable bonds is 8. The third-order valence-electron chi connectivity index (χ3n) is 3.55. The van der Waals surface area contributed by atoms with Crippen LogP contribution < -0.4 is 10.6 Å². The summed E-state index contributed by atoms with van der Waals surface area (Å²) >= 11 is 3.49. The van der Waals surface area contributed by atoms with Gasteiger partial charge >= 0.3 is 0 Å². The fourth-order valence-electron chi connectivity index (χ4n) is 2.21. The lowest BCUT2D eigenvalue weighted by Crippen LogP contribution is -2.40. The van der Waals surface area contributed by atoms with Crippen LogP contribution in [0.5, 0.6) is 0 Å². The maximum absolute atomic E-state index is 5.35. The van der Waals surface area contributed by atoms with E-state index in [0.29, 0.717) is 19.7 Å². The van der Waals surface area contributed by atoms with Crippen LogP contribution in [0.1, 0.15) is 16.9 Å². The number of aryl methyl sites for hydroxylation is 1. The quantitative estimate of drug-likeness (QED) is 0.239. The molecule has 0 aliphatic heterocycles. The van der Waals surface area contributed by atoms with Gasteiger partial charge in [-0.2, -0.15) is 0 Å². The number of aliphatic imine (C=N–C) groups is 1. The minimum atomic E-state index is 0. The predicted molar refractivity (Wildman–Crippen MR) is 116 cm³/mol. The molecule has 138 valence electrons. The zero-order valence-electron chi connectivity index (χ0n) is 14.5. The van der Waals surface area contributed by atoms with Crippen molar-refractivity contribution >= 4 is 45.9 Å². The van der Waals surface area contributed by atoms with Crippen LogP contribution in [0.15, 0.2) is 50.5 Å². The van der Waals surface area contributed by atoms with E-state index < -0.39 is 0 Å². The van der Waals surface area contributed by atoms with Crippen molar-refractivity contribution in [3.05, 3.63) is 58.0 Å². The molecule has 0 aliphatic carbocycles. The molecule has 0 spiro atoms. The summed E-state index contributed by atoms with van der Waals surface area (Å²) < 4.78 is 11.5. The summed E-state index contributed by atoms with van der Waals surface area (Å²) in [4.78, 5) is 4.67. The molecule has 0 fully saturated rings. The van der Waals surface area contributed by atoms with Crippen molar-refractivity contribution in [2.45, 2.75) is 19.9 Å². The second-order valence-corrected chi connectivity index (χ2v) is 6.33. The third kappa shape index (κ3) is 8.24. The van der Waals surface area contributed by atoms with E-state index in [-0.39, 0.29) is 24.0 Å². The first-order valence-corrected chi connectivity index (χ1v) is 8.77. The summed E-state index contributed by atoms with van der Waals surface area (Å²) in [5.41, 5.74) is 2.43. The monoisotopic (exact) mass is 521 g/mol. The minimum Gasteiger partial charge on any atom is -0.469 e. The van der Waals surface area contributed by atoms with Crippen LogP contribution in [-0.2, 0) is 17.7 Å². The van der Waals surface area contributed by atoms with E-state index in [9.17, 15) is 0 Å². The molecule has 1 aromatic carbocycles. The Morgan fingerprint density at radius 2 is 2.04 bits per heavy atom. The van der Waals surface area contributed by atoms with Crippen molar-refractivity contribution in [1.29, 1.82) is 0 Å². The van der Waals surface area contributed by atoms with E-state index in [1.807, 2.05) is 18.2 Å². The molecule has 2 aromatic rings. The molecule has 25 heavy (non-hydrogen) atoms. The number of furan rings is 1. The highest BCUT2D eigenvalue weighted by molar-refractivity contribution is 14.0. The Morgan fingerprint density at radius 1 is 1.24 bits per heavy atom. The number of halogens is 2. The Labute approximate surface area is 174 Å². The highest BCUT2D eigenvalue weighted by atomic mass is 127. The summed E-state index contributed by atoms with van der Waals surface area (Å²) in [6.07, 6.45) is 2.51. The molecule has 0 bridgehead atoms. The smallest absolute Gasteiger partial charge is 0.191 e. The van der Waals surface area contributed by atoms with Gasteiger partial charge in [0.15, 0.2) is 5.96 Å². The Morgan fingerprint density at radius 3 is 2.72 bits per heavy atom. The molecule has 0 amide bonds. The second kappa shape index (κ2) is 12.3. The van der Waals surface area contributed by atoms with Gasteiger partial charge in [0.1, 0.15) is 5.76 Å². The fraction of sp³-hybridized carbons (Fsp3) is 0.389. The van der Waals surface area contributed by atoms with Gasteiger partial charge in [-0.05, 0) is 42.3 Å². The highest BCUT2D eigenvalue weighted by Gasteiger charge is 2.02. The lowest BCUT2D eigenvalue weighted by atomic mass is 10.1. The summed E-state index contributed by atoms with van der Waals surface area (Å²) in [5, 5.41) is 6.61. The number of hydrogen-bond donors (Lipinski definition) is 2. The van der Waals surface area contributed by atoms with Crippen molar-refractivity contribution in [2.24, 2.45) is 4.99 Å². The predicted octanol–water partition coefficient (Wildman–Crippen LogP) is 3.89. The van der Waals surface area contributed by atoms with Crippen LogP contribution in [0, 0.1) is 6.92 Å². The van der Waals surface area contributed by atoms with E-state index in [1.54, 1.807) is 13.4 Å². The lowest BCUT2D eigenvalue weighted by Gasteiger charge is -2.12. The van der Waals surface area contributed by atoms with Gasteiger partial charge in [-0.15, -0.1) is 24.0 Å². The molecule has 0 saturated carbocycles. The van der Waals surface area contributed by atoms with Gasteiger partial charge < -0.3 is 19.8 Å². The third-order valence-corrected chi connectivity index (χ3v) is 4.05. The van der Waals surface area contributed by atoms with Crippen LogP contribution in [0.4, 0.5) is 0 Å². The highest BCUT2D eigenvalue weighted by Crippen LogP contribution is 2.16. The largest absolute Gasteiger partial charge is 0.469 e. The SMILES string of the molecule is COCCNC(=NCc1ccc(Br)cc1C)NCCc1ccco1.I. The maximum atomic E-state index is 5.35. The van der Waals surface area contributed by atoms with E-state index in [4.69, 9.17) is 9.15 Å². The van der Waals surface area contributed by atoms with E-state index in [2.05, 4.69) is 50.6 Å². The van der Waals surface area contributed by atoms with Gasteiger partial charge in [0.2, 0.25) is 0 Å². The van der Waals surface area contributed by atoms with Crippen molar-refractivity contribution in [3.8, 4) is 0 Å². The zero-order chi connectivity index (χ0) is 17.2. The first-order valence-electron chi connectivity index (χ1n) is 7.97. The molecule has 2 N–H and O–H groups in total. The molecule has 5 nitrogen and oxygen atoms in total. The molecule has 0 aliphatic rings. The standard InChI is InChI=1S/C18H24BrN3O2.HI/c1-14-12-16(19)6-5-15(14)13-22-18(21-9-11-23-2)20-8-7-17-4-3-10-24-17;/h3-6,10,12H,7-9,11,13H2,1-2H3,(H2,20,21,22);1H. The number of hydrogen-bond acceptors (Lipinski definition) is 3. The van der Waals surface area contributed by atoms with Gasteiger partial charge in [-0.1, -0.05) is 22.0 Å². The van der Waals surface area contributed by atoms with Crippen molar-refractivity contribution in [2.75, 3.05) is 26.8 Å². The van der Waals surface area contributed by atoms with Crippen LogP contribution in [0.25, 0.3) is 0 Å². The Bertz CT molecular complexity index is 648. The molecule has 0 radical (unpaired) electrons. The van der Waals surface area contributed by atoms with Crippen LogP contribution in [0.3, 0.4) is 0 Å². The topological polar surface area (TPSA) is 58.8 Å². The molecule has 0 saturated heterocycles. The zero-order valence-corrected chi connectivity index (χ0v) is 18.5. The molecule has 1 aromatic heterocycles. The Hall–Kier alpha value is -1.06. The number of ether oxygens (including phenoxy) is 1. The number of methoxy groups -OCH3 is 1. The number of nitrogens with zero attached hydrogens (tertiary/aromatic N) is 1.